The van der Waals surface area contributed by atoms with E-state index < -0.39 is 5.91 Å². The van der Waals surface area contributed by atoms with Crippen LogP contribution >= 0.6 is 23.2 Å². The van der Waals surface area contributed by atoms with Crippen LogP contribution in [0.4, 0.5) is 5.69 Å². The minimum atomic E-state index is -0.399. The van der Waals surface area contributed by atoms with Crippen LogP contribution in [0.5, 0.6) is 0 Å². The summed E-state index contributed by atoms with van der Waals surface area (Å²) < 4.78 is 5.14. The fourth-order valence-electron chi connectivity index (χ4n) is 2.29. The number of carbonyl (C=O) groups excluding carboxylic acids is 2. The highest BCUT2D eigenvalue weighted by molar-refractivity contribution is 6.43. The maximum atomic E-state index is 11.8. The van der Waals surface area contributed by atoms with E-state index in [1.54, 1.807) is 18.2 Å². The first-order valence-corrected chi connectivity index (χ1v) is 9.30. The second-order valence-corrected chi connectivity index (χ2v) is 6.75. The highest BCUT2D eigenvalue weighted by Gasteiger charge is 2.11. The number of halogens is 2. The van der Waals surface area contributed by atoms with E-state index in [-0.39, 0.29) is 30.2 Å². The minimum Gasteiger partial charge on any atom is -0.362 e. The number of anilines is 1. The summed E-state index contributed by atoms with van der Waals surface area (Å²) in [6.45, 7) is 3.74. The number of unbranched alkanes of at least 4 members (excludes halogenated alkanes) is 3. The maximum absolute atomic E-state index is 11.8. The second kappa shape index (κ2) is 12.1. The van der Waals surface area contributed by atoms with Gasteiger partial charge in [0.1, 0.15) is 13.2 Å². The van der Waals surface area contributed by atoms with E-state index >= 15 is 0 Å². The molecule has 0 spiro atoms. The van der Waals surface area contributed by atoms with Crippen LogP contribution in [0.15, 0.2) is 18.2 Å². The molecule has 0 aliphatic heterocycles. The second-order valence-electron chi connectivity index (χ2n) is 5.96. The van der Waals surface area contributed by atoms with Crippen molar-refractivity contribution in [1.29, 1.82) is 0 Å². The number of amides is 2. The van der Waals surface area contributed by atoms with Gasteiger partial charge in [-0.1, -0.05) is 61.9 Å². The smallest absolute Gasteiger partial charge is 0.250 e. The van der Waals surface area contributed by atoms with Gasteiger partial charge in [-0.2, -0.15) is 0 Å². The van der Waals surface area contributed by atoms with Crippen molar-refractivity contribution in [3.63, 3.8) is 0 Å². The Balaban J connectivity index is 2.22. The molecule has 0 saturated heterocycles. The lowest BCUT2D eigenvalue weighted by molar-refractivity contribution is -0.129. The van der Waals surface area contributed by atoms with Gasteiger partial charge in [-0.15, -0.1) is 0 Å². The van der Waals surface area contributed by atoms with Crippen LogP contribution in [-0.4, -0.2) is 31.1 Å². The molecule has 7 heteroatoms. The number of benzene rings is 1. The van der Waals surface area contributed by atoms with Crippen LogP contribution in [0.25, 0.3) is 0 Å². The molecule has 1 aromatic rings. The van der Waals surface area contributed by atoms with Gasteiger partial charge in [-0.3, -0.25) is 9.59 Å². The van der Waals surface area contributed by atoms with E-state index in [0.29, 0.717) is 10.7 Å². The molecular weight excluding hydrogens is 363 g/mol. The summed E-state index contributed by atoms with van der Waals surface area (Å²) in [5, 5.41) is 6.08. The van der Waals surface area contributed by atoms with Crippen LogP contribution in [0.3, 0.4) is 0 Å². The summed E-state index contributed by atoms with van der Waals surface area (Å²) in [5.41, 5.74) is 0.410. The highest BCUT2D eigenvalue weighted by atomic mass is 35.5. The van der Waals surface area contributed by atoms with E-state index in [4.69, 9.17) is 27.9 Å². The molecule has 1 aromatic carbocycles. The van der Waals surface area contributed by atoms with Gasteiger partial charge in [0.05, 0.1) is 15.7 Å². The molecule has 0 aliphatic rings. The fourth-order valence-corrected chi connectivity index (χ4v) is 2.64. The Hall–Kier alpha value is -1.30. The normalized spacial score (nSPS) is 11.8. The SMILES string of the molecule is CCCCCC[C@H](C)NC(=O)COCC(=O)Nc1cccc(Cl)c1Cl. The molecule has 1 rings (SSSR count). The van der Waals surface area contributed by atoms with Gasteiger partial charge in [0.2, 0.25) is 11.8 Å². The van der Waals surface area contributed by atoms with Crippen LogP contribution in [-0.2, 0) is 14.3 Å². The number of carbonyl (C=O) groups is 2. The molecule has 5 nitrogen and oxygen atoms in total. The Morgan fingerprint density at radius 1 is 1.12 bits per heavy atom. The Labute approximate surface area is 159 Å². The van der Waals surface area contributed by atoms with Gasteiger partial charge in [0.15, 0.2) is 0 Å². The molecule has 0 unspecified atom stereocenters. The molecule has 0 aromatic heterocycles. The first kappa shape index (κ1) is 21.7. The summed E-state index contributed by atoms with van der Waals surface area (Å²) >= 11 is 11.9. The number of hydrogen-bond acceptors (Lipinski definition) is 3. The van der Waals surface area contributed by atoms with Gasteiger partial charge in [0.25, 0.3) is 0 Å². The maximum Gasteiger partial charge on any atom is 0.250 e. The largest absolute Gasteiger partial charge is 0.362 e. The molecule has 140 valence electrons. The van der Waals surface area contributed by atoms with E-state index in [1.165, 1.54) is 19.3 Å². The van der Waals surface area contributed by atoms with Gasteiger partial charge >= 0.3 is 0 Å². The summed E-state index contributed by atoms with van der Waals surface area (Å²) in [6.07, 6.45) is 5.63. The third-order valence-electron chi connectivity index (χ3n) is 3.59. The van der Waals surface area contributed by atoms with Crippen molar-refractivity contribution in [1.82, 2.24) is 5.32 Å². The molecule has 0 heterocycles. The van der Waals surface area contributed by atoms with Crippen molar-refractivity contribution in [2.45, 2.75) is 52.0 Å². The van der Waals surface area contributed by atoms with E-state index in [1.807, 2.05) is 6.92 Å². The first-order chi connectivity index (χ1) is 11.9. The topological polar surface area (TPSA) is 67.4 Å². The molecule has 0 radical (unpaired) electrons. The lowest BCUT2D eigenvalue weighted by Crippen LogP contribution is -2.36. The van der Waals surface area contributed by atoms with Crippen LogP contribution in [0.1, 0.15) is 46.0 Å². The zero-order valence-corrected chi connectivity index (χ0v) is 16.3. The Morgan fingerprint density at radius 3 is 2.56 bits per heavy atom. The molecule has 2 amide bonds. The quantitative estimate of drug-likeness (QED) is 0.551. The average Bonchev–Trinajstić information content (AvgIpc) is 2.56. The van der Waals surface area contributed by atoms with Gasteiger partial charge in [-0.05, 0) is 25.5 Å². The third kappa shape index (κ3) is 9.10. The van der Waals surface area contributed by atoms with Crippen LogP contribution in [0.2, 0.25) is 10.0 Å². The summed E-state index contributed by atoms with van der Waals surface area (Å²) in [5.74, 6) is -0.624. The van der Waals surface area contributed by atoms with Gasteiger partial charge < -0.3 is 15.4 Å². The van der Waals surface area contributed by atoms with Gasteiger partial charge in [-0.25, -0.2) is 0 Å². The Morgan fingerprint density at radius 2 is 1.84 bits per heavy atom. The molecule has 0 saturated carbocycles. The zero-order valence-electron chi connectivity index (χ0n) is 14.7. The molecule has 1 atom stereocenters. The summed E-state index contributed by atoms with van der Waals surface area (Å²) in [4.78, 5) is 23.6. The summed E-state index contributed by atoms with van der Waals surface area (Å²) in [7, 11) is 0. The van der Waals surface area contributed by atoms with Crippen LogP contribution in [0, 0.1) is 0 Å². The van der Waals surface area contributed by atoms with E-state index in [0.717, 1.165) is 12.8 Å². The van der Waals surface area contributed by atoms with E-state index in [2.05, 4.69) is 17.6 Å². The predicted molar refractivity (Wildman–Crippen MR) is 102 cm³/mol. The highest BCUT2D eigenvalue weighted by Crippen LogP contribution is 2.29. The number of nitrogens with one attached hydrogen (secondary N) is 2. The lowest BCUT2D eigenvalue weighted by Gasteiger charge is -2.14. The standard InChI is InChI=1S/C18H26Cl2N2O3/c1-3-4-5-6-8-13(2)21-16(23)11-25-12-17(24)22-15-10-7-9-14(19)18(15)20/h7,9-10,13H,3-6,8,11-12H2,1-2H3,(H,21,23)(H,22,24)/t13-/m0/s1. The molecule has 2 N–H and O–H groups in total. The third-order valence-corrected chi connectivity index (χ3v) is 4.41. The monoisotopic (exact) mass is 388 g/mol. The first-order valence-electron chi connectivity index (χ1n) is 8.55. The molecular formula is C18H26Cl2N2O3. The number of rotatable bonds is 11. The molecule has 0 fully saturated rings. The number of hydrogen-bond donors (Lipinski definition) is 2. The predicted octanol–water partition coefficient (Wildman–Crippen LogP) is 4.42. The van der Waals surface area contributed by atoms with Gasteiger partial charge in [0, 0.05) is 6.04 Å². The zero-order chi connectivity index (χ0) is 18.7. The summed E-state index contributed by atoms with van der Waals surface area (Å²) in [6, 6.07) is 5.05. The fraction of sp³-hybridized carbons (Fsp3) is 0.556. The number of ether oxygens (including phenoxy) is 1. The van der Waals surface area contributed by atoms with Crippen molar-refractivity contribution < 1.29 is 14.3 Å². The Kier molecular flexibility index (Phi) is 10.5. The van der Waals surface area contributed by atoms with E-state index in [9.17, 15) is 9.59 Å². The van der Waals surface area contributed by atoms with Crippen LogP contribution < -0.4 is 10.6 Å². The van der Waals surface area contributed by atoms with Crippen molar-refractivity contribution in [2.75, 3.05) is 18.5 Å². The molecule has 25 heavy (non-hydrogen) atoms. The molecule has 0 bridgehead atoms. The van der Waals surface area contributed by atoms with Crippen molar-refractivity contribution >= 4 is 40.7 Å². The van der Waals surface area contributed by atoms with Crippen molar-refractivity contribution in [2.24, 2.45) is 0 Å². The van der Waals surface area contributed by atoms with Crippen molar-refractivity contribution in [3.8, 4) is 0 Å². The Bertz CT molecular complexity index is 567. The molecule has 0 aliphatic carbocycles. The van der Waals surface area contributed by atoms with Crippen molar-refractivity contribution in [3.05, 3.63) is 28.2 Å². The minimum absolute atomic E-state index is 0.104. The lowest BCUT2D eigenvalue weighted by atomic mass is 10.1. The average molecular weight is 389 g/mol.